The minimum absolute atomic E-state index is 0.0829. The maximum Gasteiger partial charge on any atom is 0.243 e. The van der Waals surface area contributed by atoms with Gasteiger partial charge in [-0.25, -0.2) is 18.1 Å². The Morgan fingerprint density at radius 3 is 2.19 bits per heavy atom. The number of para-hydroxylation sites is 1. The van der Waals surface area contributed by atoms with Crippen LogP contribution in [0.25, 0.3) is 10.2 Å². The minimum atomic E-state index is -3.95. The van der Waals surface area contributed by atoms with Gasteiger partial charge in [-0.05, 0) is 56.2 Å². The Balaban J connectivity index is 1.51. The number of nitrogens with two attached hydrogens (primary N) is 4. The molecule has 48 heavy (non-hydrogen) atoms. The predicted molar refractivity (Wildman–Crippen MR) is 186 cm³/mol. The molecule has 10 N–H and O–H groups in total. The van der Waals surface area contributed by atoms with E-state index in [1.54, 1.807) is 36.4 Å². The lowest BCUT2D eigenvalue weighted by Crippen LogP contribution is -2.55. The van der Waals surface area contributed by atoms with Crippen molar-refractivity contribution in [3.05, 3.63) is 65.2 Å². The lowest BCUT2D eigenvalue weighted by molar-refractivity contribution is -0.140. The molecule has 1 fully saturated rings. The molecule has 17 heteroatoms. The molecule has 0 unspecified atom stereocenters. The molecular formula is C31H42N10O5S2. The van der Waals surface area contributed by atoms with E-state index in [4.69, 9.17) is 22.9 Å². The summed E-state index contributed by atoms with van der Waals surface area (Å²) in [6.45, 7) is 0.676. The van der Waals surface area contributed by atoms with Gasteiger partial charge in [-0.15, -0.1) is 11.3 Å². The number of Topliss-reactive ketones (excluding diaryl/α,β-unsaturated/α-hetero) is 1. The quantitative estimate of drug-likeness (QED) is 0.0494. The SMILES string of the molecule is NC(N)=NCCC[C@H](NC(=O)[C@@H]1CCCN1C(=O)[C@@H](CCCN=C(N)N)NS(=O)(=O)Cc1ccccc1)C(=O)c1nc2ccccc2s1. The zero-order chi connectivity index (χ0) is 34.7. The van der Waals surface area contributed by atoms with Gasteiger partial charge >= 0.3 is 0 Å². The van der Waals surface area contributed by atoms with Gasteiger partial charge in [0.05, 0.1) is 22.0 Å². The monoisotopic (exact) mass is 698 g/mol. The third-order valence-electron chi connectivity index (χ3n) is 7.69. The second-order valence-corrected chi connectivity index (χ2v) is 14.2. The molecule has 15 nitrogen and oxygen atoms in total. The highest BCUT2D eigenvalue weighted by Crippen LogP contribution is 2.25. The van der Waals surface area contributed by atoms with Crippen molar-refractivity contribution in [2.24, 2.45) is 32.9 Å². The summed E-state index contributed by atoms with van der Waals surface area (Å²) in [5, 5.41) is 3.09. The summed E-state index contributed by atoms with van der Waals surface area (Å²) in [4.78, 5) is 55.2. The number of hydrogen-bond acceptors (Lipinski definition) is 9. The largest absolute Gasteiger partial charge is 0.370 e. The number of ketones is 1. The minimum Gasteiger partial charge on any atom is -0.370 e. The first-order valence-electron chi connectivity index (χ1n) is 15.6. The van der Waals surface area contributed by atoms with Gasteiger partial charge in [0.1, 0.15) is 12.1 Å². The fourth-order valence-corrected chi connectivity index (χ4v) is 7.79. The smallest absolute Gasteiger partial charge is 0.243 e. The Morgan fingerprint density at radius 1 is 0.917 bits per heavy atom. The van der Waals surface area contributed by atoms with Crippen LogP contribution >= 0.6 is 11.3 Å². The summed E-state index contributed by atoms with van der Waals surface area (Å²) in [5.41, 5.74) is 23.0. The lowest BCUT2D eigenvalue weighted by Gasteiger charge is -2.29. The van der Waals surface area contributed by atoms with E-state index in [0.717, 1.165) is 4.70 Å². The van der Waals surface area contributed by atoms with Crippen LogP contribution in [-0.2, 0) is 25.4 Å². The summed E-state index contributed by atoms with van der Waals surface area (Å²) in [5.74, 6) is -1.96. The number of rotatable bonds is 17. The third kappa shape index (κ3) is 10.4. The number of aliphatic imine (C=N–C) groups is 2. The summed E-state index contributed by atoms with van der Waals surface area (Å²) in [7, 11) is -3.95. The number of benzene rings is 2. The van der Waals surface area contributed by atoms with E-state index in [2.05, 4.69) is 25.0 Å². The highest BCUT2D eigenvalue weighted by Gasteiger charge is 2.39. The van der Waals surface area contributed by atoms with E-state index in [-0.39, 0.29) is 60.9 Å². The molecule has 0 bridgehead atoms. The predicted octanol–water partition coefficient (Wildman–Crippen LogP) is 0.550. The number of likely N-dealkylation sites (tertiary alicyclic amines) is 1. The first kappa shape index (κ1) is 36.2. The van der Waals surface area contributed by atoms with Crippen molar-refractivity contribution in [2.75, 3.05) is 19.6 Å². The first-order chi connectivity index (χ1) is 22.9. The normalized spacial score (nSPS) is 15.8. The maximum atomic E-state index is 14.0. The van der Waals surface area contributed by atoms with E-state index in [1.165, 1.54) is 16.2 Å². The van der Waals surface area contributed by atoms with E-state index in [0.29, 0.717) is 36.8 Å². The van der Waals surface area contributed by atoms with Crippen LogP contribution in [0.4, 0.5) is 0 Å². The fourth-order valence-electron chi connectivity index (χ4n) is 5.46. The number of carbonyl (C=O) groups is 3. The zero-order valence-corrected chi connectivity index (χ0v) is 28.1. The van der Waals surface area contributed by atoms with Crippen LogP contribution in [0, 0.1) is 0 Å². The van der Waals surface area contributed by atoms with Crippen molar-refractivity contribution >= 4 is 61.1 Å². The molecule has 258 valence electrons. The van der Waals surface area contributed by atoms with Gasteiger partial charge in [0.25, 0.3) is 0 Å². The molecule has 1 aliphatic heterocycles. The van der Waals surface area contributed by atoms with Crippen LogP contribution in [0.15, 0.2) is 64.6 Å². The molecule has 2 heterocycles. The van der Waals surface area contributed by atoms with Crippen molar-refractivity contribution < 1.29 is 22.8 Å². The molecule has 3 aromatic rings. The van der Waals surface area contributed by atoms with Crippen LogP contribution in [0.3, 0.4) is 0 Å². The summed E-state index contributed by atoms with van der Waals surface area (Å²) in [6.07, 6.45) is 1.88. The van der Waals surface area contributed by atoms with E-state index < -0.39 is 40.0 Å². The van der Waals surface area contributed by atoms with Gasteiger partial charge in [-0.3, -0.25) is 24.4 Å². The van der Waals surface area contributed by atoms with Crippen LogP contribution in [0.5, 0.6) is 0 Å². The van der Waals surface area contributed by atoms with Crippen LogP contribution in [0.1, 0.15) is 53.9 Å². The second kappa shape index (κ2) is 17.0. The van der Waals surface area contributed by atoms with Crippen molar-refractivity contribution in [3.8, 4) is 0 Å². The Morgan fingerprint density at radius 2 is 1.54 bits per heavy atom. The standard InChI is InChI=1S/C31H42N10O5S2/c32-30(33)36-16-6-12-22(26(42)28-39-21-11-4-5-15-25(21)47-28)38-27(43)24-14-8-18-41(24)29(44)23(13-7-17-37-31(34)35)40-48(45,46)19-20-9-2-1-3-10-20/h1-5,9-11,15,22-24,40H,6-8,12-14,16-19H2,(H,38,43)(H4,32,33,36)(H4,34,35,37)/t22-,23+,24-/m0/s1. The first-order valence-corrected chi connectivity index (χ1v) is 18.1. The Labute approximate surface area is 283 Å². The highest BCUT2D eigenvalue weighted by molar-refractivity contribution is 7.88. The van der Waals surface area contributed by atoms with Gasteiger partial charge in [0.15, 0.2) is 16.9 Å². The molecule has 1 aliphatic rings. The number of nitrogens with zero attached hydrogens (tertiary/aromatic N) is 4. The molecule has 2 aromatic carbocycles. The van der Waals surface area contributed by atoms with E-state index >= 15 is 0 Å². The molecule has 1 aromatic heterocycles. The number of nitrogens with one attached hydrogen (secondary N) is 2. The molecular weight excluding hydrogens is 657 g/mol. The Hall–Kier alpha value is -4.61. The number of carbonyl (C=O) groups excluding carboxylic acids is 3. The molecule has 4 rings (SSSR count). The van der Waals surface area contributed by atoms with Gasteiger partial charge < -0.3 is 33.2 Å². The summed E-state index contributed by atoms with van der Waals surface area (Å²) >= 11 is 1.23. The van der Waals surface area contributed by atoms with Crippen molar-refractivity contribution in [3.63, 3.8) is 0 Å². The van der Waals surface area contributed by atoms with E-state index in [1.807, 2.05) is 18.2 Å². The molecule has 3 atom stereocenters. The third-order valence-corrected chi connectivity index (χ3v) is 10.1. The van der Waals surface area contributed by atoms with Gasteiger partial charge in [0.2, 0.25) is 27.6 Å². The van der Waals surface area contributed by atoms with Crippen molar-refractivity contribution in [1.29, 1.82) is 0 Å². The van der Waals surface area contributed by atoms with Gasteiger partial charge in [-0.1, -0.05) is 42.5 Å². The molecule has 0 saturated carbocycles. The van der Waals surface area contributed by atoms with Crippen LogP contribution < -0.4 is 33.0 Å². The molecule has 0 spiro atoms. The van der Waals surface area contributed by atoms with Crippen LogP contribution in [-0.4, -0.2) is 85.6 Å². The zero-order valence-electron chi connectivity index (χ0n) is 26.5. The molecule has 2 amide bonds. The number of guanidine groups is 2. The molecule has 0 aliphatic carbocycles. The fraction of sp³-hybridized carbons (Fsp3) is 0.419. The van der Waals surface area contributed by atoms with Gasteiger partial charge in [-0.2, -0.15) is 0 Å². The second-order valence-electron chi connectivity index (χ2n) is 11.4. The lowest BCUT2D eigenvalue weighted by atomic mass is 10.1. The average Bonchev–Trinajstić information content (AvgIpc) is 3.71. The molecule has 0 radical (unpaired) electrons. The number of sulfonamides is 1. The van der Waals surface area contributed by atoms with E-state index in [9.17, 15) is 22.8 Å². The summed E-state index contributed by atoms with van der Waals surface area (Å²) in [6, 6.07) is 12.9. The highest BCUT2D eigenvalue weighted by atomic mass is 32.2. The maximum absolute atomic E-state index is 14.0. The topological polar surface area (TPSA) is 254 Å². The molecule has 1 saturated heterocycles. The number of thiazole rings is 1. The Bertz CT molecular complexity index is 1710. The number of aromatic nitrogens is 1. The Kier molecular flexibility index (Phi) is 12.8. The number of amides is 2. The number of fused-ring (bicyclic) bond motifs is 1. The van der Waals surface area contributed by atoms with Crippen LogP contribution in [0.2, 0.25) is 0 Å². The average molecular weight is 699 g/mol. The van der Waals surface area contributed by atoms with Crippen molar-refractivity contribution in [1.82, 2.24) is 19.9 Å². The van der Waals surface area contributed by atoms with Gasteiger partial charge in [0, 0.05) is 19.6 Å². The summed E-state index contributed by atoms with van der Waals surface area (Å²) < 4.78 is 29.7. The van der Waals surface area contributed by atoms with Crippen molar-refractivity contribution in [2.45, 2.75) is 62.4 Å². The number of hydrogen-bond donors (Lipinski definition) is 6.